The molecule has 0 aliphatic heterocycles. The lowest BCUT2D eigenvalue weighted by molar-refractivity contribution is 0.121. The van der Waals surface area contributed by atoms with Gasteiger partial charge in [0.05, 0.1) is 6.20 Å². The van der Waals surface area contributed by atoms with Crippen LogP contribution in [-0.4, -0.2) is 17.8 Å². The van der Waals surface area contributed by atoms with E-state index in [2.05, 4.69) is 31.8 Å². The molecule has 0 spiro atoms. The van der Waals surface area contributed by atoms with Crippen molar-refractivity contribution in [3.05, 3.63) is 24.0 Å². The number of rotatable bonds is 15. The minimum absolute atomic E-state index is 0.148. The average molecular weight is 488 g/mol. The molecule has 200 valence electrons. The maximum Gasteiger partial charge on any atom is 0.137 e. The standard InChI is InChI=1S/C32H54FNO/c1-4-6-7-8-10-30(33)24-35-32-22-21-31(34-23-32)20-15-27-13-18-29(19-14-27)25(3)28-16-11-26(9-5-2)12-17-28/h21-23,25-30H,4-20,24H2,1-3H3/t25?,26?,27-,28?,29-,30?. The summed E-state index contributed by atoms with van der Waals surface area (Å²) in [5, 5.41) is 0. The normalized spacial score (nSPS) is 26.9. The highest BCUT2D eigenvalue weighted by atomic mass is 19.1. The summed E-state index contributed by atoms with van der Waals surface area (Å²) in [4.78, 5) is 4.60. The lowest BCUT2D eigenvalue weighted by atomic mass is 9.67. The van der Waals surface area contributed by atoms with Gasteiger partial charge in [-0.15, -0.1) is 0 Å². The molecule has 0 amide bonds. The van der Waals surface area contributed by atoms with Gasteiger partial charge in [-0.25, -0.2) is 4.39 Å². The Labute approximate surface area is 216 Å². The fourth-order valence-electron chi connectivity index (χ4n) is 6.86. The highest BCUT2D eigenvalue weighted by Crippen LogP contribution is 2.43. The topological polar surface area (TPSA) is 22.1 Å². The number of alkyl halides is 1. The third-order valence-electron chi connectivity index (χ3n) is 9.37. The lowest BCUT2D eigenvalue weighted by Gasteiger charge is -2.39. The maximum atomic E-state index is 14.0. The summed E-state index contributed by atoms with van der Waals surface area (Å²) in [7, 11) is 0. The molecule has 0 radical (unpaired) electrons. The van der Waals surface area contributed by atoms with Crippen LogP contribution in [0.1, 0.15) is 129 Å². The van der Waals surface area contributed by atoms with E-state index in [1.807, 2.05) is 6.07 Å². The molecule has 1 aromatic heterocycles. The van der Waals surface area contributed by atoms with E-state index in [9.17, 15) is 4.39 Å². The van der Waals surface area contributed by atoms with Gasteiger partial charge in [0.1, 0.15) is 18.5 Å². The Balaban J connectivity index is 1.29. The Morgan fingerprint density at radius 2 is 1.51 bits per heavy atom. The molecular formula is C32H54FNO. The van der Waals surface area contributed by atoms with Crippen molar-refractivity contribution in [2.75, 3.05) is 6.61 Å². The van der Waals surface area contributed by atoms with E-state index in [4.69, 9.17) is 4.74 Å². The number of hydrogen-bond donors (Lipinski definition) is 0. The van der Waals surface area contributed by atoms with E-state index in [1.54, 1.807) is 6.20 Å². The molecule has 3 heteroatoms. The molecule has 2 aliphatic carbocycles. The minimum Gasteiger partial charge on any atom is -0.489 e. The summed E-state index contributed by atoms with van der Waals surface area (Å²) >= 11 is 0. The minimum atomic E-state index is -0.875. The van der Waals surface area contributed by atoms with Crippen LogP contribution in [0.3, 0.4) is 0 Å². The highest BCUT2D eigenvalue weighted by molar-refractivity contribution is 5.20. The first-order chi connectivity index (χ1) is 17.1. The van der Waals surface area contributed by atoms with Crippen LogP contribution in [0.5, 0.6) is 5.75 Å². The van der Waals surface area contributed by atoms with Gasteiger partial charge in [-0.1, -0.05) is 85.0 Å². The summed E-state index contributed by atoms with van der Waals surface area (Å²) in [5.74, 6) is 5.45. The van der Waals surface area contributed by atoms with Crippen molar-refractivity contribution < 1.29 is 9.13 Å². The first-order valence-corrected chi connectivity index (χ1v) is 15.3. The zero-order valence-corrected chi connectivity index (χ0v) is 23.2. The van der Waals surface area contributed by atoms with E-state index in [-0.39, 0.29) is 6.61 Å². The maximum absolute atomic E-state index is 14.0. The van der Waals surface area contributed by atoms with Crippen LogP contribution in [0.4, 0.5) is 4.39 Å². The second-order valence-corrected chi connectivity index (χ2v) is 12.0. The monoisotopic (exact) mass is 487 g/mol. The molecule has 2 unspecified atom stereocenters. The van der Waals surface area contributed by atoms with Crippen molar-refractivity contribution in [1.29, 1.82) is 0 Å². The van der Waals surface area contributed by atoms with Crippen LogP contribution in [-0.2, 0) is 6.42 Å². The first-order valence-electron chi connectivity index (χ1n) is 15.3. The number of ether oxygens (including phenoxy) is 1. The molecule has 3 rings (SSSR count). The SMILES string of the molecule is CCCCCCC(F)COc1ccc(CC[C@H]2CC[C@H](C(C)C3CCC(CCC)CC3)CC2)nc1. The molecule has 2 aliphatic rings. The third kappa shape index (κ3) is 10.0. The van der Waals surface area contributed by atoms with Crippen molar-refractivity contribution >= 4 is 0 Å². The van der Waals surface area contributed by atoms with Crippen LogP contribution in [0.25, 0.3) is 0 Å². The molecule has 2 nitrogen and oxygen atoms in total. The summed E-state index contributed by atoms with van der Waals surface area (Å²) in [5.41, 5.74) is 1.15. The Bertz CT molecular complexity index is 661. The predicted molar refractivity (Wildman–Crippen MR) is 147 cm³/mol. The van der Waals surface area contributed by atoms with Gasteiger partial charge < -0.3 is 4.74 Å². The van der Waals surface area contributed by atoms with E-state index in [0.717, 1.165) is 54.5 Å². The van der Waals surface area contributed by atoms with Gasteiger partial charge in [0, 0.05) is 5.69 Å². The molecule has 2 saturated carbocycles. The molecule has 1 aromatic rings. The van der Waals surface area contributed by atoms with Crippen LogP contribution in [0.2, 0.25) is 0 Å². The van der Waals surface area contributed by atoms with E-state index in [0.29, 0.717) is 12.2 Å². The Morgan fingerprint density at radius 1 is 0.857 bits per heavy atom. The predicted octanol–water partition coefficient (Wildman–Crippen LogP) is 9.75. The van der Waals surface area contributed by atoms with Gasteiger partial charge >= 0.3 is 0 Å². The Morgan fingerprint density at radius 3 is 2.09 bits per heavy atom. The van der Waals surface area contributed by atoms with Crippen molar-refractivity contribution in [1.82, 2.24) is 4.98 Å². The summed E-state index contributed by atoms with van der Waals surface area (Å²) in [6.45, 7) is 7.24. The largest absolute Gasteiger partial charge is 0.489 e. The van der Waals surface area contributed by atoms with Gasteiger partial charge in [0.15, 0.2) is 0 Å². The van der Waals surface area contributed by atoms with Crippen molar-refractivity contribution in [3.8, 4) is 5.75 Å². The number of aryl methyl sites for hydroxylation is 1. The van der Waals surface area contributed by atoms with E-state index < -0.39 is 6.17 Å². The van der Waals surface area contributed by atoms with Crippen LogP contribution in [0, 0.1) is 29.6 Å². The zero-order valence-electron chi connectivity index (χ0n) is 23.2. The van der Waals surface area contributed by atoms with Gasteiger partial charge in [-0.05, 0) is 86.7 Å². The molecule has 0 aromatic carbocycles. The summed E-state index contributed by atoms with van der Waals surface area (Å²) < 4.78 is 19.6. The van der Waals surface area contributed by atoms with Crippen molar-refractivity contribution in [2.45, 2.75) is 136 Å². The number of nitrogens with zero attached hydrogens (tertiary/aromatic N) is 1. The Kier molecular flexibility index (Phi) is 12.9. The fourth-order valence-corrected chi connectivity index (χ4v) is 6.86. The quantitative estimate of drug-likeness (QED) is 0.230. The molecular weight excluding hydrogens is 433 g/mol. The van der Waals surface area contributed by atoms with Gasteiger partial charge in [-0.3, -0.25) is 4.98 Å². The zero-order chi connectivity index (χ0) is 24.9. The second-order valence-electron chi connectivity index (χ2n) is 12.0. The van der Waals surface area contributed by atoms with Crippen LogP contribution in [0.15, 0.2) is 18.3 Å². The number of halogens is 1. The van der Waals surface area contributed by atoms with Crippen molar-refractivity contribution in [3.63, 3.8) is 0 Å². The smallest absolute Gasteiger partial charge is 0.137 e. The third-order valence-corrected chi connectivity index (χ3v) is 9.37. The molecule has 2 fully saturated rings. The lowest BCUT2D eigenvalue weighted by Crippen LogP contribution is -2.28. The molecule has 0 N–H and O–H groups in total. The molecule has 0 saturated heterocycles. The van der Waals surface area contributed by atoms with E-state index in [1.165, 1.54) is 83.5 Å². The van der Waals surface area contributed by atoms with E-state index >= 15 is 0 Å². The molecule has 35 heavy (non-hydrogen) atoms. The Hall–Kier alpha value is -1.12. The number of hydrogen-bond acceptors (Lipinski definition) is 2. The number of unbranched alkanes of at least 4 members (excludes halogenated alkanes) is 3. The molecule has 2 atom stereocenters. The van der Waals surface area contributed by atoms with Gasteiger partial charge in [0.2, 0.25) is 0 Å². The second kappa shape index (κ2) is 15.9. The summed E-state index contributed by atoms with van der Waals surface area (Å²) in [6, 6.07) is 4.05. The van der Waals surface area contributed by atoms with Gasteiger partial charge in [-0.2, -0.15) is 0 Å². The van der Waals surface area contributed by atoms with Crippen LogP contribution < -0.4 is 4.74 Å². The van der Waals surface area contributed by atoms with Crippen molar-refractivity contribution in [2.24, 2.45) is 29.6 Å². The fraction of sp³-hybridized carbons (Fsp3) is 0.844. The average Bonchev–Trinajstić information content (AvgIpc) is 2.90. The van der Waals surface area contributed by atoms with Gasteiger partial charge in [0.25, 0.3) is 0 Å². The molecule has 1 heterocycles. The van der Waals surface area contributed by atoms with Crippen LogP contribution >= 0.6 is 0 Å². The summed E-state index contributed by atoms with van der Waals surface area (Å²) in [6.07, 6.45) is 22.7. The first kappa shape index (κ1) is 28.5. The number of pyridine rings is 1. The number of aromatic nitrogens is 1. The molecule has 0 bridgehead atoms. The highest BCUT2D eigenvalue weighted by Gasteiger charge is 2.32.